The van der Waals surface area contributed by atoms with Crippen molar-refractivity contribution in [3.63, 3.8) is 0 Å². The van der Waals surface area contributed by atoms with Crippen molar-refractivity contribution in [2.75, 3.05) is 20.6 Å². The van der Waals surface area contributed by atoms with Crippen molar-refractivity contribution in [1.82, 2.24) is 9.88 Å². The Morgan fingerprint density at radius 2 is 2.05 bits per heavy atom. The van der Waals surface area contributed by atoms with E-state index in [2.05, 4.69) is 36.1 Å². The predicted molar refractivity (Wildman–Crippen MR) is 75.6 cm³/mol. The summed E-state index contributed by atoms with van der Waals surface area (Å²) < 4.78 is 0. The molecule has 1 N–H and O–H groups in total. The molecule has 0 amide bonds. The summed E-state index contributed by atoms with van der Waals surface area (Å²) in [6, 6.07) is 7.73. The maximum Gasteiger partial charge on any atom is 0.354 e. The van der Waals surface area contributed by atoms with Crippen molar-refractivity contribution in [3.8, 4) is 0 Å². The zero-order valence-corrected chi connectivity index (χ0v) is 11.3. The first-order chi connectivity index (χ1) is 9.06. The van der Waals surface area contributed by atoms with Gasteiger partial charge in [0.1, 0.15) is 5.69 Å². The molecule has 4 nitrogen and oxygen atoms in total. The van der Waals surface area contributed by atoms with Crippen LogP contribution in [0.4, 0.5) is 0 Å². The van der Waals surface area contributed by atoms with Crippen LogP contribution < -0.4 is 0 Å². The van der Waals surface area contributed by atoms with Crippen molar-refractivity contribution in [2.24, 2.45) is 0 Å². The number of aromatic nitrogens is 1. The summed E-state index contributed by atoms with van der Waals surface area (Å²) in [4.78, 5) is 17.0. The van der Waals surface area contributed by atoms with Crippen LogP contribution in [0.1, 0.15) is 22.5 Å². The molecule has 0 aliphatic rings. The fraction of sp³-hybridized carbons (Fsp3) is 0.333. The number of pyridine rings is 1. The van der Waals surface area contributed by atoms with Crippen LogP contribution in [0.2, 0.25) is 0 Å². The molecule has 0 bridgehead atoms. The molecule has 1 aromatic carbocycles. The Labute approximate surface area is 112 Å². The monoisotopic (exact) mass is 258 g/mol. The topological polar surface area (TPSA) is 53.4 Å². The fourth-order valence-electron chi connectivity index (χ4n) is 2.06. The molecular weight excluding hydrogens is 240 g/mol. The van der Waals surface area contributed by atoms with E-state index in [9.17, 15) is 4.79 Å². The number of benzene rings is 1. The average Bonchev–Trinajstić information content (AvgIpc) is 2.37. The van der Waals surface area contributed by atoms with Gasteiger partial charge in [0, 0.05) is 11.6 Å². The predicted octanol–water partition coefficient (Wildman–Crippen LogP) is 2.43. The van der Waals surface area contributed by atoms with Crippen LogP contribution >= 0.6 is 0 Å². The fourth-order valence-corrected chi connectivity index (χ4v) is 2.06. The highest BCUT2D eigenvalue weighted by atomic mass is 16.4. The van der Waals surface area contributed by atoms with Gasteiger partial charge in [-0.2, -0.15) is 0 Å². The first-order valence-corrected chi connectivity index (χ1v) is 6.33. The van der Waals surface area contributed by atoms with Crippen molar-refractivity contribution in [1.29, 1.82) is 0 Å². The first-order valence-electron chi connectivity index (χ1n) is 6.33. The molecule has 2 rings (SSSR count). The van der Waals surface area contributed by atoms with Gasteiger partial charge in [-0.25, -0.2) is 9.78 Å². The Bertz CT molecular complexity index is 594. The van der Waals surface area contributed by atoms with E-state index in [1.165, 1.54) is 5.56 Å². The molecule has 0 aliphatic carbocycles. The summed E-state index contributed by atoms with van der Waals surface area (Å²) in [5, 5.41) is 10.8. The molecule has 0 spiro atoms. The Morgan fingerprint density at radius 1 is 1.26 bits per heavy atom. The number of carbonyl (C=O) groups is 1. The molecule has 2 aromatic rings. The molecule has 0 atom stereocenters. The molecule has 0 radical (unpaired) electrons. The van der Waals surface area contributed by atoms with Crippen LogP contribution in [-0.4, -0.2) is 41.6 Å². The molecule has 19 heavy (non-hydrogen) atoms. The summed E-state index contributed by atoms with van der Waals surface area (Å²) in [5.41, 5.74) is 1.35. The Kier molecular flexibility index (Phi) is 4.12. The standard InChI is InChI=1S/C15H18N2O2/c1-17(2)7-3-4-11-5-6-12-9-14(15(18)19)16-10-13(12)8-11/h5-6,8-10H,3-4,7H2,1-2H3,(H,18,19). The lowest BCUT2D eigenvalue weighted by molar-refractivity contribution is 0.0690. The zero-order valence-electron chi connectivity index (χ0n) is 11.3. The van der Waals surface area contributed by atoms with Gasteiger partial charge in [0.05, 0.1) is 0 Å². The van der Waals surface area contributed by atoms with Gasteiger partial charge >= 0.3 is 5.97 Å². The Balaban J connectivity index is 2.17. The van der Waals surface area contributed by atoms with Crippen LogP contribution in [0.5, 0.6) is 0 Å². The van der Waals surface area contributed by atoms with E-state index in [-0.39, 0.29) is 5.69 Å². The number of carboxylic acid groups (broad SMARTS) is 1. The van der Waals surface area contributed by atoms with Gasteiger partial charge in [-0.1, -0.05) is 12.1 Å². The molecule has 4 heteroatoms. The number of aromatic carboxylic acids is 1. The highest BCUT2D eigenvalue weighted by Gasteiger charge is 2.05. The summed E-state index contributed by atoms with van der Waals surface area (Å²) in [7, 11) is 4.13. The van der Waals surface area contributed by atoms with Crippen molar-refractivity contribution < 1.29 is 9.90 Å². The second kappa shape index (κ2) is 5.80. The SMILES string of the molecule is CN(C)CCCc1ccc2cc(C(=O)O)ncc2c1. The summed E-state index contributed by atoms with van der Waals surface area (Å²) in [5.74, 6) is -0.989. The van der Waals surface area contributed by atoms with Crippen LogP contribution in [0.3, 0.4) is 0 Å². The number of nitrogens with zero attached hydrogens (tertiary/aromatic N) is 2. The molecule has 0 unspecified atom stereocenters. The molecule has 0 fully saturated rings. The van der Waals surface area contributed by atoms with E-state index in [0.717, 1.165) is 30.2 Å². The van der Waals surface area contributed by atoms with Crippen molar-refractivity contribution in [3.05, 3.63) is 41.7 Å². The normalized spacial score (nSPS) is 11.1. The first kappa shape index (κ1) is 13.5. The average molecular weight is 258 g/mol. The minimum atomic E-state index is -0.989. The lowest BCUT2D eigenvalue weighted by Gasteiger charge is -2.09. The lowest BCUT2D eigenvalue weighted by atomic mass is 10.0. The number of rotatable bonds is 5. The molecule has 1 aromatic heterocycles. The quantitative estimate of drug-likeness (QED) is 0.895. The van der Waals surface area contributed by atoms with Gasteiger partial charge in [0.2, 0.25) is 0 Å². The molecule has 0 saturated carbocycles. The van der Waals surface area contributed by atoms with Gasteiger partial charge in [0.15, 0.2) is 0 Å². The van der Waals surface area contributed by atoms with E-state index < -0.39 is 5.97 Å². The van der Waals surface area contributed by atoms with Gasteiger partial charge in [-0.05, 0) is 56.6 Å². The van der Waals surface area contributed by atoms with Gasteiger partial charge in [-0.15, -0.1) is 0 Å². The lowest BCUT2D eigenvalue weighted by Crippen LogP contribution is -2.13. The van der Waals surface area contributed by atoms with Crippen molar-refractivity contribution >= 4 is 16.7 Å². The van der Waals surface area contributed by atoms with Crippen molar-refractivity contribution in [2.45, 2.75) is 12.8 Å². The second-order valence-corrected chi connectivity index (χ2v) is 4.96. The van der Waals surface area contributed by atoms with Crippen LogP contribution in [0.15, 0.2) is 30.5 Å². The van der Waals surface area contributed by atoms with Crippen LogP contribution in [-0.2, 0) is 6.42 Å². The number of hydrogen-bond donors (Lipinski definition) is 1. The van der Waals surface area contributed by atoms with E-state index in [0.29, 0.717) is 0 Å². The Morgan fingerprint density at radius 3 is 2.74 bits per heavy atom. The van der Waals surface area contributed by atoms with E-state index in [4.69, 9.17) is 5.11 Å². The smallest absolute Gasteiger partial charge is 0.354 e. The number of fused-ring (bicyclic) bond motifs is 1. The van der Waals surface area contributed by atoms with E-state index in [1.807, 2.05) is 6.07 Å². The maximum absolute atomic E-state index is 10.8. The molecule has 0 saturated heterocycles. The zero-order chi connectivity index (χ0) is 13.8. The van der Waals surface area contributed by atoms with Gasteiger partial charge in [-0.3, -0.25) is 0 Å². The van der Waals surface area contributed by atoms with E-state index >= 15 is 0 Å². The number of aryl methyl sites for hydroxylation is 1. The number of hydrogen-bond acceptors (Lipinski definition) is 3. The molecule has 100 valence electrons. The third-order valence-corrected chi connectivity index (χ3v) is 3.08. The summed E-state index contributed by atoms with van der Waals surface area (Å²) in [6.45, 7) is 1.06. The summed E-state index contributed by atoms with van der Waals surface area (Å²) >= 11 is 0. The molecule has 0 aliphatic heterocycles. The number of carboxylic acids is 1. The second-order valence-electron chi connectivity index (χ2n) is 4.96. The highest BCUT2D eigenvalue weighted by Crippen LogP contribution is 2.17. The van der Waals surface area contributed by atoms with E-state index in [1.54, 1.807) is 12.3 Å². The largest absolute Gasteiger partial charge is 0.477 e. The molecule has 1 heterocycles. The minimum Gasteiger partial charge on any atom is -0.477 e. The third kappa shape index (κ3) is 3.51. The Hall–Kier alpha value is -1.94. The highest BCUT2D eigenvalue weighted by molar-refractivity contribution is 5.92. The maximum atomic E-state index is 10.8. The van der Waals surface area contributed by atoms with Crippen LogP contribution in [0, 0.1) is 0 Å². The third-order valence-electron chi connectivity index (χ3n) is 3.08. The van der Waals surface area contributed by atoms with Gasteiger partial charge in [0.25, 0.3) is 0 Å². The van der Waals surface area contributed by atoms with Gasteiger partial charge < -0.3 is 10.0 Å². The molecular formula is C15H18N2O2. The minimum absolute atomic E-state index is 0.0906. The van der Waals surface area contributed by atoms with Crippen LogP contribution in [0.25, 0.3) is 10.8 Å². The summed E-state index contributed by atoms with van der Waals surface area (Å²) in [6.07, 6.45) is 3.77.